The summed E-state index contributed by atoms with van der Waals surface area (Å²) >= 11 is 5.31. The van der Waals surface area contributed by atoms with Crippen LogP contribution in [0.15, 0.2) is 22.7 Å². The number of nitrogens with zero attached hydrogens (tertiary/aromatic N) is 1. The molecule has 100 valence electrons. The van der Waals surface area contributed by atoms with E-state index in [1.54, 1.807) is 6.07 Å². The molecule has 1 aliphatic heterocycles. The van der Waals surface area contributed by atoms with Crippen LogP contribution in [-0.4, -0.2) is 42.6 Å². The molecule has 1 fully saturated rings. The molecule has 2 rings (SSSR count). The van der Waals surface area contributed by atoms with Gasteiger partial charge in [-0.3, -0.25) is 0 Å². The van der Waals surface area contributed by atoms with E-state index < -0.39 is 0 Å². The first-order valence-corrected chi connectivity index (χ1v) is 8.16. The zero-order valence-electron chi connectivity index (χ0n) is 10.3. The predicted octanol–water partition coefficient (Wildman–Crippen LogP) is 2.73. The monoisotopic (exact) mass is 332 g/mol. The molecule has 5 heteroatoms. The highest BCUT2D eigenvalue weighted by Crippen LogP contribution is 2.19. The minimum atomic E-state index is -0.192. The molecule has 1 aromatic rings. The molecule has 2 nitrogen and oxygen atoms in total. The minimum absolute atomic E-state index is 0.192. The third-order valence-electron chi connectivity index (χ3n) is 3.06. The Morgan fingerprint density at radius 1 is 1.33 bits per heavy atom. The van der Waals surface area contributed by atoms with E-state index in [4.69, 9.17) is 0 Å². The van der Waals surface area contributed by atoms with E-state index in [-0.39, 0.29) is 5.82 Å². The SMILES string of the molecule is Fc1cccc(CNCCN2CCSCC2)c1Br. The third-order valence-corrected chi connectivity index (χ3v) is 4.89. The number of hydrogen-bond acceptors (Lipinski definition) is 3. The van der Waals surface area contributed by atoms with E-state index >= 15 is 0 Å². The highest BCUT2D eigenvalue weighted by Gasteiger charge is 2.09. The van der Waals surface area contributed by atoms with Crippen molar-refractivity contribution < 1.29 is 4.39 Å². The second-order valence-electron chi connectivity index (χ2n) is 4.34. The topological polar surface area (TPSA) is 15.3 Å². The molecule has 1 heterocycles. The van der Waals surface area contributed by atoms with E-state index in [2.05, 4.69) is 26.1 Å². The fraction of sp³-hybridized carbons (Fsp3) is 0.538. The van der Waals surface area contributed by atoms with Crippen LogP contribution in [0, 0.1) is 5.82 Å². The van der Waals surface area contributed by atoms with Crippen molar-refractivity contribution in [2.45, 2.75) is 6.54 Å². The Bertz CT molecular complexity index is 383. The lowest BCUT2D eigenvalue weighted by Gasteiger charge is -2.26. The highest BCUT2D eigenvalue weighted by molar-refractivity contribution is 9.10. The van der Waals surface area contributed by atoms with Crippen molar-refractivity contribution in [1.82, 2.24) is 10.2 Å². The third kappa shape index (κ3) is 4.23. The lowest BCUT2D eigenvalue weighted by molar-refractivity contribution is 0.301. The molecule has 0 unspecified atom stereocenters. The van der Waals surface area contributed by atoms with E-state index in [1.807, 2.05) is 17.8 Å². The summed E-state index contributed by atoms with van der Waals surface area (Å²) in [7, 11) is 0. The molecule has 0 radical (unpaired) electrons. The molecule has 0 aliphatic carbocycles. The van der Waals surface area contributed by atoms with Gasteiger partial charge in [0.2, 0.25) is 0 Å². The van der Waals surface area contributed by atoms with E-state index in [1.165, 1.54) is 30.7 Å². The Kier molecular flexibility index (Phi) is 5.95. The summed E-state index contributed by atoms with van der Waals surface area (Å²) in [4.78, 5) is 2.48. The van der Waals surface area contributed by atoms with Crippen LogP contribution in [0.4, 0.5) is 4.39 Å². The van der Waals surface area contributed by atoms with Gasteiger partial charge in [0.1, 0.15) is 5.82 Å². The Morgan fingerprint density at radius 2 is 2.11 bits per heavy atom. The number of hydrogen-bond donors (Lipinski definition) is 1. The average Bonchev–Trinajstić information content (AvgIpc) is 2.40. The Labute approximate surface area is 120 Å². The molecule has 1 N–H and O–H groups in total. The molecule has 0 bridgehead atoms. The van der Waals surface area contributed by atoms with Gasteiger partial charge in [-0.2, -0.15) is 11.8 Å². The minimum Gasteiger partial charge on any atom is -0.311 e. The van der Waals surface area contributed by atoms with Crippen molar-refractivity contribution in [2.24, 2.45) is 0 Å². The fourth-order valence-corrected chi connectivity index (χ4v) is 3.35. The van der Waals surface area contributed by atoms with Crippen LogP contribution in [0.25, 0.3) is 0 Å². The van der Waals surface area contributed by atoms with Crippen molar-refractivity contribution >= 4 is 27.7 Å². The summed E-state index contributed by atoms with van der Waals surface area (Å²) in [6, 6.07) is 5.16. The quantitative estimate of drug-likeness (QED) is 0.834. The first-order valence-electron chi connectivity index (χ1n) is 6.21. The highest BCUT2D eigenvalue weighted by atomic mass is 79.9. The maximum atomic E-state index is 13.3. The maximum Gasteiger partial charge on any atom is 0.137 e. The number of halogens is 2. The van der Waals surface area contributed by atoms with Crippen molar-refractivity contribution in [3.05, 3.63) is 34.1 Å². The number of thioether (sulfide) groups is 1. The standard InChI is InChI=1S/C13H18BrFN2S/c14-13-11(2-1-3-12(13)15)10-16-4-5-17-6-8-18-9-7-17/h1-3,16H,4-10H2. The lowest BCUT2D eigenvalue weighted by Crippen LogP contribution is -2.37. The summed E-state index contributed by atoms with van der Waals surface area (Å²) in [5, 5.41) is 3.37. The molecule has 0 amide bonds. The molecule has 0 aromatic heterocycles. The van der Waals surface area contributed by atoms with Crippen LogP contribution in [0.5, 0.6) is 0 Å². The van der Waals surface area contributed by atoms with Crippen LogP contribution in [0.1, 0.15) is 5.56 Å². The second kappa shape index (κ2) is 7.48. The van der Waals surface area contributed by atoms with E-state index in [9.17, 15) is 4.39 Å². The van der Waals surface area contributed by atoms with Gasteiger partial charge in [-0.25, -0.2) is 4.39 Å². The van der Waals surface area contributed by atoms with Gasteiger partial charge in [0.05, 0.1) is 4.47 Å². The van der Waals surface area contributed by atoms with Gasteiger partial charge in [-0.15, -0.1) is 0 Å². The molecule has 18 heavy (non-hydrogen) atoms. The molecule has 1 saturated heterocycles. The van der Waals surface area contributed by atoms with Crippen LogP contribution < -0.4 is 5.32 Å². The van der Waals surface area contributed by atoms with Crippen LogP contribution in [0.3, 0.4) is 0 Å². The number of rotatable bonds is 5. The van der Waals surface area contributed by atoms with Gasteiger partial charge >= 0.3 is 0 Å². The molecule has 0 atom stereocenters. The van der Waals surface area contributed by atoms with Crippen molar-refractivity contribution in [3.63, 3.8) is 0 Å². The van der Waals surface area contributed by atoms with Gasteiger partial charge in [-0.05, 0) is 27.6 Å². The Balaban J connectivity index is 1.70. The van der Waals surface area contributed by atoms with E-state index in [0.717, 1.165) is 18.7 Å². The van der Waals surface area contributed by atoms with Crippen molar-refractivity contribution in [2.75, 3.05) is 37.7 Å². The molecule has 0 spiro atoms. The number of benzene rings is 1. The first-order chi connectivity index (χ1) is 8.77. The predicted molar refractivity (Wildman–Crippen MR) is 79.6 cm³/mol. The van der Waals surface area contributed by atoms with Gasteiger partial charge in [-0.1, -0.05) is 12.1 Å². The van der Waals surface area contributed by atoms with Crippen LogP contribution >= 0.6 is 27.7 Å². The Morgan fingerprint density at radius 3 is 2.89 bits per heavy atom. The fourth-order valence-electron chi connectivity index (χ4n) is 1.97. The lowest BCUT2D eigenvalue weighted by atomic mass is 10.2. The van der Waals surface area contributed by atoms with Crippen molar-refractivity contribution in [1.29, 1.82) is 0 Å². The maximum absolute atomic E-state index is 13.3. The Hall–Kier alpha value is -0.100. The zero-order valence-corrected chi connectivity index (χ0v) is 12.7. The van der Waals surface area contributed by atoms with Crippen molar-refractivity contribution in [3.8, 4) is 0 Å². The summed E-state index contributed by atoms with van der Waals surface area (Å²) in [6.07, 6.45) is 0. The van der Waals surface area contributed by atoms with Gasteiger partial charge < -0.3 is 10.2 Å². The second-order valence-corrected chi connectivity index (χ2v) is 6.36. The van der Waals surface area contributed by atoms with Gasteiger partial charge in [0, 0.05) is 44.2 Å². The summed E-state index contributed by atoms with van der Waals surface area (Å²) in [5.41, 5.74) is 0.976. The van der Waals surface area contributed by atoms with Crippen LogP contribution in [0.2, 0.25) is 0 Å². The van der Waals surface area contributed by atoms with E-state index in [0.29, 0.717) is 11.0 Å². The smallest absolute Gasteiger partial charge is 0.137 e. The van der Waals surface area contributed by atoms with Gasteiger partial charge in [0.25, 0.3) is 0 Å². The first kappa shape index (κ1) is 14.3. The number of nitrogens with one attached hydrogen (secondary N) is 1. The van der Waals surface area contributed by atoms with Crippen LogP contribution in [-0.2, 0) is 6.54 Å². The summed E-state index contributed by atoms with van der Waals surface area (Å²) in [5.74, 6) is 2.30. The summed E-state index contributed by atoms with van der Waals surface area (Å²) in [6.45, 7) is 5.12. The zero-order chi connectivity index (χ0) is 12.8. The molecular formula is C13H18BrFN2S. The molecule has 0 saturated carbocycles. The molecule has 1 aliphatic rings. The molecule has 1 aromatic carbocycles. The summed E-state index contributed by atoms with van der Waals surface area (Å²) < 4.78 is 13.9. The normalized spacial score (nSPS) is 17.0. The van der Waals surface area contributed by atoms with Gasteiger partial charge in [0.15, 0.2) is 0 Å². The molecular weight excluding hydrogens is 315 g/mol. The average molecular weight is 333 g/mol. The largest absolute Gasteiger partial charge is 0.311 e.